The molecule has 0 saturated carbocycles. The smallest absolute Gasteiger partial charge is 0.240 e. The highest BCUT2D eigenvalue weighted by molar-refractivity contribution is 5.83. The second-order valence-electron chi connectivity index (χ2n) is 5.53. The molecular formula is C13H25N3O. The van der Waals surface area contributed by atoms with Crippen LogP contribution in [0.3, 0.4) is 0 Å². The molecule has 0 bridgehead atoms. The lowest BCUT2D eigenvalue weighted by molar-refractivity contribution is -0.129. The molecule has 0 spiro atoms. The third kappa shape index (κ3) is 3.19. The standard InChI is InChI=1S/C13H25N3O/c1-3-5-12-13(17)16(10-14-12)9-11-6-4-7-15(2)8-11/h11-12,14H,3-10H2,1-2H3. The first-order valence-corrected chi connectivity index (χ1v) is 6.91. The fourth-order valence-electron chi connectivity index (χ4n) is 3.01. The zero-order valence-corrected chi connectivity index (χ0v) is 11.1. The number of hydrogen-bond acceptors (Lipinski definition) is 3. The molecule has 2 atom stereocenters. The summed E-state index contributed by atoms with van der Waals surface area (Å²) in [5.41, 5.74) is 0. The van der Waals surface area contributed by atoms with Gasteiger partial charge in [-0.25, -0.2) is 0 Å². The van der Waals surface area contributed by atoms with Crippen LogP contribution in [0.4, 0.5) is 0 Å². The molecule has 0 aromatic rings. The van der Waals surface area contributed by atoms with Crippen molar-refractivity contribution in [3.63, 3.8) is 0 Å². The Balaban J connectivity index is 1.81. The molecule has 0 aromatic carbocycles. The second kappa shape index (κ2) is 5.83. The summed E-state index contributed by atoms with van der Waals surface area (Å²) in [6.07, 6.45) is 4.59. The number of amides is 1. The van der Waals surface area contributed by atoms with Crippen molar-refractivity contribution in [2.24, 2.45) is 5.92 Å². The Morgan fingerprint density at radius 1 is 1.47 bits per heavy atom. The molecule has 2 rings (SSSR count). The van der Waals surface area contributed by atoms with Crippen molar-refractivity contribution in [3.8, 4) is 0 Å². The lowest BCUT2D eigenvalue weighted by atomic mass is 9.98. The highest BCUT2D eigenvalue weighted by Crippen LogP contribution is 2.18. The molecule has 1 amide bonds. The molecule has 0 radical (unpaired) electrons. The zero-order valence-electron chi connectivity index (χ0n) is 11.1. The van der Waals surface area contributed by atoms with Crippen LogP contribution in [-0.2, 0) is 4.79 Å². The number of carbonyl (C=O) groups is 1. The molecule has 2 saturated heterocycles. The predicted octanol–water partition coefficient (Wildman–Crippen LogP) is 0.886. The molecule has 1 N–H and O–H groups in total. The normalized spacial score (nSPS) is 31.2. The Bertz CT molecular complexity index is 269. The van der Waals surface area contributed by atoms with Crippen molar-refractivity contribution in [1.82, 2.24) is 15.1 Å². The summed E-state index contributed by atoms with van der Waals surface area (Å²) in [4.78, 5) is 16.5. The van der Waals surface area contributed by atoms with Crippen LogP contribution in [0.2, 0.25) is 0 Å². The van der Waals surface area contributed by atoms with E-state index in [0.717, 1.165) is 32.6 Å². The number of hydrogen-bond donors (Lipinski definition) is 1. The van der Waals surface area contributed by atoms with Crippen LogP contribution in [0.25, 0.3) is 0 Å². The Labute approximate surface area is 104 Å². The second-order valence-corrected chi connectivity index (χ2v) is 5.53. The molecule has 17 heavy (non-hydrogen) atoms. The summed E-state index contributed by atoms with van der Waals surface area (Å²) in [5, 5.41) is 3.32. The van der Waals surface area contributed by atoms with Crippen molar-refractivity contribution < 1.29 is 4.79 Å². The summed E-state index contributed by atoms with van der Waals surface area (Å²) < 4.78 is 0. The Morgan fingerprint density at radius 2 is 2.29 bits per heavy atom. The minimum Gasteiger partial charge on any atom is -0.328 e. The average molecular weight is 239 g/mol. The van der Waals surface area contributed by atoms with Gasteiger partial charge in [-0.1, -0.05) is 13.3 Å². The van der Waals surface area contributed by atoms with Crippen molar-refractivity contribution in [2.45, 2.75) is 38.6 Å². The molecule has 2 unspecified atom stereocenters. The fourth-order valence-corrected chi connectivity index (χ4v) is 3.01. The summed E-state index contributed by atoms with van der Waals surface area (Å²) in [7, 11) is 2.18. The molecule has 2 aliphatic heterocycles. The average Bonchev–Trinajstić information content (AvgIpc) is 2.62. The number of nitrogens with zero attached hydrogens (tertiary/aromatic N) is 2. The van der Waals surface area contributed by atoms with E-state index in [0.29, 0.717) is 11.8 Å². The SMILES string of the molecule is CCCC1NCN(CC2CCCN(C)C2)C1=O. The minimum atomic E-state index is 0.0846. The van der Waals surface area contributed by atoms with E-state index in [9.17, 15) is 4.79 Å². The van der Waals surface area contributed by atoms with Gasteiger partial charge in [0.25, 0.3) is 0 Å². The third-order valence-corrected chi connectivity index (χ3v) is 3.92. The van der Waals surface area contributed by atoms with E-state index in [-0.39, 0.29) is 6.04 Å². The zero-order chi connectivity index (χ0) is 12.3. The van der Waals surface area contributed by atoms with Gasteiger partial charge in [0.1, 0.15) is 0 Å². The third-order valence-electron chi connectivity index (χ3n) is 3.92. The van der Waals surface area contributed by atoms with Gasteiger partial charge in [0.15, 0.2) is 0 Å². The van der Waals surface area contributed by atoms with Crippen LogP contribution in [0, 0.1) is 5.92 Å². The maximum absolute atomic E-state index is 12.1. The molecule has 4 nitrogen and oxygen atoms in total. The Kier molecular flexibility index (Phi) is 4.40. The highest BCUT2D eigenvalue weighted by Gasteiger charge is 2.32. The fraction of sp³-hybridized carbons (Fsp3) is 0.923. The summed E-state index contributed by atoms with van der Waals surface area (Å²) >= 11 is 0. The van der Waals surface area contributed by atoms with Gasteiger partial charge in [0, 0.05) is 13.1 Å². The van der Waals surface area contributed by atoms with Gasteiger partial charge in [-0.15, -0.1) is 0 Å². The van der Waals surface area contributed by atoms with E-state index in [1.807, 2.05) is 4.90 Å². The van der Waals surface area contributed by atoms with Gasteiger partial charge >= 0.3 is 0 Å². The van der Waals surface area contributed by atoms with Gasteiger partial charge in [0.2, 0.25) is 5.91 Å². The van der Waals surface area contributed by atoms with Gasteiger partial charge < -0.3 is 9.80 Å². The number of likely N-dealkylation sites (tertiary alicyclic amines) is 1. The van der Waals surface area contributed by atoms with Crippen LogP contribution < -0.4 is 5.32 Å². The molecule has 4 heteroatoms. The Hall–Kier alpha value is -0.610. The van der Waals surface area contributed by atoms with Gasteiger partial charge in [-0.05, 0) is 38.8 Å². The van der Waals surface area contributed by atoms with E-state index in [2.05, 4.69) is 24.2 Å². The summed E-state index contributed by atoms with van der Waals surface area (Å²) in [6, 6.07) is 0.0846. The van der Waals surface area contributed by atoms with Gasteiger partial charge in [-0.3, -0.25) is 10.1 Å². The quantitative estimate of drug-likeness (QED) is 0.791. The topological polar surface area (TPSA) is 35.6 Å². The van der Waals surface area contributed by atoms with Crippen LogP contribution in [0.5, 0.6) is 0 Å². The van der Waals surface area contributed by atoms with Crippen molar-refractivity contribution in [3.05, 3.63) is 0 Å². The van der Waals surface area contributed by atoms with Crippen LogP contribution in [0.15, 0.2) is 0 Å². The monoisotopic (exact) mass is 239 g/mol. The predicted molar refractivity (Wildman–Crippen MR) is 68.6 cm³/mol. The van der Waals surface area contributed by atoms with E-state index < -0.39 is 0 Å². The maximum Gasteiger partial charge on any atom is 0.240 e. The van der Waals surface area contributed by atoms with Crippen molar-refractivity contribution in [2.75, 3.05) is 33.4 Å². The largest absolute Gasteiger partial charge is 0.328 e. The minimum absolute atomic E-state index is 0.0846. The number of nitrogens with one attached hydrogen (secondary N) is 1. The molecule has 0 aromatic heterocycles. The molecular weight excluding hydrogens is 214 g/mol. The first kappa shape index (κ1) is 12.8. The molecule has 2 fully saturated rings. The van der Waals surface area contributed by atoms with E-state index in [1.54, 1.807) is 0 Å². The lowest BCUT2D eigenvalue weighted by Crippen LogP contribution is -2.40. The van der Waals surface area contributed by atoms with Crippen LogP contribution in [0.1, 0.15) is 32.6 Å². The molecule has 2 aliphatic rings. The molecule has 0 aliphatic carbocycles. The summed E-state index contributed by atoms with van der Waals surface area (Å²) in [6.45, 7) is 6.18. The van der Waals surface area contributed by atoms with Crippen LogP contribution in [-0.4, -0.2) is 55.1 Å². The van der Waals surface area contributed by atoms with Crippen LogP contribution >= 0.6 is 0 Å². The highest BCUT2D eigenvalue weighted by atomic mass is 16.2. The molecule has 98 valence electrons. The Morgan fingerprint density at radius 3 is 3.00 bits per heavy atom. The van der Waals surface area contributed by atoms with Gasteiger partial charge in [-0.2, -0.15) is 0 Å². The number of rotatable bonds is 4. The lowest BCUT2D eigenvalue weighted by Gasteiger charge is -2.32. The van der Waals surface area contributed by atoms with E-state index in [1.165, 1.54) is 19.4 Å². The van der Waals surface area contributed by atoms with Crippen molar-refractivity contribution in [1.29, 1.82) is 0 Å². The van der Waals surface area contributed by atoms with Gasteiger partial charge in [0.05, 0.1) is 12.7 Å². The van der Waals surface area contributed by atoms with E-state index in [4.69, 9.17) is 0 Å². The molecule has 2 heterocycles. The maximum atomic E-state index is 12.1. The first-order valence-electron chi connectivity index (χ1n) is 6.91. The summed E-state index contributed by atoms with van der Waals surface area (Å²) in [5.74, 6) is 0.986. The van der Waals surface area contributed by atoms with Crippen molar-refractivity contribution >= 4 is 5.91 Å². The number of carbonyl (C=O) groups excluding carboxylic acids is 1. The number of piperidine rings is 1. The first-order chi connectivity index (χ1) is 8.20. The van der Waals surface area contributed by atoms with E-state index >= 15 is 0 Å².